The van der Waals surface area contributed by atoms with Crippen LogP contribution in [0.15, 0.2) is 85.2 Å². The van der Waals surface area contributed by atoms with Crippen molar-refractivity contribution in [2.24, 2.45) is 11.8 Å². The number of nitrogens with one attached hydrogen (secondary N) is 4. The minimum absolute atomic E-state index is 0.114. The molecule has 65 heavy (non-hydrogen) atoms. The highest BCUT2D eigenvalue weighted by atomic mass is 16.5. The van der Waals surface area contributed by atoms with Gasteiger partial charge >= 0.3 is 12.2 Å². The van der Waals surface area contributed by atoms with Gasteiger partial charge in [-0.2, -0.15) is 0 Å². The van der Waals surface area contributed by atoms with Crippen LogP contribution in [0.25, 0.3) is 22.5 Å². The Balaban J connectivity index is 0.984. The van der Waals surface area contributed by atoms with E-state index in [4.69, 9.17) is 24.2 Å². The molecule has 1 saturated carbocycles. The van der Waals surface area contributed by atoms with E-state index < -0.39 is 24.3 Å². The van der Waals surface area contributed by atoms with Crippen LogP contribution in [0, 0.1) is 11.8 Å². The van der Waals surface area contributed by atoms with Crippen LogP contribution in [0.2, 0.25) is 0 Å². The van der Waals surface area contributed by atoms with E-state index >= 15 is 0 Å². The number of nitrogens with zero attached hydrogens (tertiary/aromatic N) is 4. The van der Waals surface area contributed by atoms with Crippen molar-refractivity contribution in [1.29, 1.82) is 0 Å². The first-order chi connectivity index (χ1) is 31.4. The molecule has 342 valence electrons. The number of likely N-dealkylation sites (tertiary alicyclic amines) is 2. The lowest BCUT2D eigenvalue weighted by atomic mass is 10.0. The smallest absolute Gasteiger partial charge is 0.407 e. The van der Waals surface area contributed by atoms with E-state index in [0.717, 1.165) is 65.6 Å². The van der Waals surface area contributed by atoms with Gasteiger partial charge in [0.15, 0.2) is 0 Å². The summed E-state index contributed by atoms with van der Waals surface area (Å²) in [5, 5.41) is 5.43. The zero-order chi connectivity index (χ0) is 45.9. The molecule has 4 N–H and O–H groups in total. The molecule has 6 atom stereocenters. The van der Waals surface area contributed by atoms with Crippen LogP contribution < -0.4 is 15.4 Å². The topological polar surface area (TPSA) is 184 Å². The Bertz CT molecular complexity index is 2320. The molecule has 2 saturated heterocycles. The molecule has 0 spiro atoms. The maximum atomic E-state index is 13.7. The van der Waals surface area contributed by atoms with Crippen molar-refractivity contribution in [3.63, 3.8) is 0 Å². The minimum Gasteiger partial charge on any atom is -0.497 e. The molecule has 2 aliphatic heterocycles. The van der Waals surface area contributed by atoms with Crippen LogP contribution in [0.3, 0.4) is 0 Å². The van der Waals surface area contributed by atoms with Crippen molar-refractivity contribution in [2.45, 2.75) is 95.3 Å². The van der Waals surface area contributed by atoms with Crippen LogP contribution >= 0.6 is 0 Å². The number of benzene rings is 3. The maximum absolute atomic E-state index is 13.7. The average molecular weight is 885 g/mol. The highest BCUT2D eigenvalue weighted by Crippen LogP contribution is 2.66. The average Bonchev–Trinajstić information content (AvgIpc) is 3.96. The van der Waals surface area contributed by atoms with Crippen LogP contribution in [-0.4, -0.2) is 100 Å². The largest absolute Gasteiger partial charge is 0.497 e. The first-order valence-electron chi connectivity index (χ1n) is 22.6. The van der Waals surface area contributed by atoms with Gasteiger partial charge in [0.1, 0.15) is 29.5 Å². The molecule has 3 fully saturated rings. The Kier molecular flexibility index (Phi) is 13.3. The molecule has 4 heterocycles. The summed E-state index contributed by atoms with van der Waals surface area (Å²) in [5.41, 5.74) is 7.48. The number of methoxy groups -OCH3 is 3. The highest BCUT2D eigenvalue weighted by molar-refractivity contribution is 5.87. The number of rotatable bonds is 14. The fraction of sp³-hybridized carbons (Fsp3) is 0.440. The summed E-state index contributed by atoms with van der Waals surface area (Å²) in [6.07, 6.45) is 5.66. The molecule has 3 aromatic carbocycles. The zero-order valence-electron chi connectivity index (χ0n) is 38.2. The van der Waals surface area contributed by atoms with Gasteiger partial charge in [0.25, 0.3) is 0 Å². The standard InChI is InChI=1S/C50H60N8O7/c1-28(2)43(55-49(61)64-6)47(59)57-24-8-10-38(57)45-51-26-36(53-45)30-12-16-32(17-13-30)40-41(42(40)34-20-22-35(63-5)23-21-34)33-18-14-31(15-19-33)37-27-52-46(54-37)39-11-9-25-58(39)48(60)44(29(3)4)56-50(62)65-7/h12-23,26-29,38-44H,8-11,24-25H2,1-7H3,(H,51,53)(H,52,54)(H,55,61)(H,56,62). The number of alkyl carbamates (subject to hydrolysis) is 2. The fourth-order valence-corrected chi connectivity index (χ4v) is 9.84. The summed E-state index contributed by atoms with van der Waals surface area (Å²) >= 11 is 0. The normalized spacial score (nSPS) is 21.3. The van der Waals surface area contributed by atoms with Crippen LogP contribution in [0.5, 0.6) is 5.75 Å². The second-order valence-corrected chi connectivity index (χ2v) is 18.1. The number of hydrogen-bond donors (Lipinski definition) is 4. The van der Waals surface area contributed by atoms with Crippen molar-refractivity contribution in [1.82, 2.24) is 40.4 Å². The van der Waals surface area contributed by atoms with E-state index in [0.29, 0.717) is 13.1 Å². The Morgan fingerprint density at radius 2 is 0.954 bits per heavy atom. The summed E-state index contributed by atoms with van der Waals surface area (Å²) in [7, 11) is 4.27. The minimum atomic E-state index is -0.697. The SMILES string of the molecule is COC(=O)NC(C(=O)N1CCCC1c1ncc(-c2ccc(C3C(c4ccc(OC)cc4)C3c3ccc(-c4cnc(C5CCCN5C(=O)C(NC(=O)OC)C(C)C)[nH]4)cc3)cc2)[nH]1)C(C)C. The predicted molar refractivity (Wildman–Crippen MR) is 245 cm³/mol. The second kappa shape index (κ2) is 19.2. The van der Waals surface area contributed by atoms with Gasteiger partial charge in [-0.3, -0.25) is 9.59 Å². The second-order valence-electron chi connectivity index (χ2n) is 18.1. The Morgan fingerprint density at radius 1 is 0.585 bits per heavy atom. The number of aromatic nitrogens is 4. The van der Waals surface area contributed by atoms with Gasteiger partial charge in [-0.05, 0) is 95.2 Å². The highest BCUT2D eigenvalue weighted by Gasteiger charge is 2.52. The van der Waals surface area contributed by atoms with Gasteiger partial charge in [0, 0.05) is 13.1 Å². The molecule has 0 radical (unpaired) electrons. The van der Waals surface area contributed by atoms with Crippen molar-refractivity contribution in [3.8, 4) is 28.3 Å². The lowest BCUT2D eigenvalue weighted by Crippen LogP contribution is -2.51. The number of carbonyl (C=O) groups is 4. The summed E-state index contributed by atoms with van der Waals surface area (Å²) in [6, 6.07) is 23.9. The number of ether oxygens (including phenoxy) is 3. The molecule has 3 aliphatic rings. The van der Waals surface area contributed by atoms with E-state index in [2.05, 4.69) is 81.3 Å². The van der Waals surface area contributed by atoms with E-state index in [9.17, 15) is 19.2 Å². The molecule has 1 aliphatic carbocycles. The number of imidazole rings is 2. The molecule has 0 bridgehead atoms. The van der Waals surface area contributed by atoms with Crippen LogP contribution in [0.4, 0.5) is 9.59 Å². The van der Waals surface area contributed by atoms with Gasteiger partial charge in [0.05, 0.1) is 57.2 Å². The van der Waals surface area contributed by atoms with Crippen molar-refractivity contribution in [2.75, 3.05) is 34.4 Å². The Morgan fingerprint density at radius 3 is 1.29 bits per heavy atom. The van der Waals surface area contributed by atoms with Gasteiger partial charge in [-0.25, -0.2) is 19.6 Å². The predicted octanol–water partition coefficient (Wildman–Crippen LogP) is 8.23. The van der Waals surface area contributed by atoms with Gasteiger partial charge in [-0.1, -0.05) is 88.4 Å². The molecular weight excluding hydrogens is 825 g/mol. The van der Waals surface area contributed by atoms with E-state index in [1.54, 1.807) is 7.11 Å². The van der Waals surface area contributed by atoms with E-state index in [1.807, 2.05) is 62.0 Å². The lowest BCUT2D eigenvalue weighted by Gasteiger charge is -2.30. The summed E-state index contributed by atoms with van der Waals surface area (Å²) < 4.78 is 15.1. The third kappa shape index (κ3) is 9.32. The molecule has 2 aromatic heterocycles. The van der Waals surface area contributed by atoms with E-state index in [-0.39, 0.29) is 53.5 Å². The van der Waals surface area contributed by atoms with Gasteiger partial charge < -0.3 is 44.6 Å². The third-order valence-electron chi connectivity index (χ3n) is 13.4. The van der Waals surface area contributed by atoms with Gasteiger partial charge in [0.2, 0.25) is 11.8 Å². The lowest BCUT2D eigenvalue weighted by molar-refractivity contribution is -0.136. The van der Waals surface area contributed by atoms with Crippen molar-refractivity contribution < 1.29 is 33.4 Å². The number of aromatic amines is 2. The molecule has 6 unspecified atom stereocenters. The number of hydrogen-bond acceptors (Lipinski definition) is 9. The van der Waals surface area contributed by atoms with Crippen molar-refractivity contribution in [3.05, 3.63) is 114 Å². The molecule has 4 amide bonds. The number of carbonyl (C=O) groups excluding carboxylic acids is 4. The van der Waals surface area contributed by atoms with Gasteiger partial charge in [-0.15, -0.1) is 0 Å². The Labute approximate surface area is 380 Å². The first-order valence-corrected chi connectivity index (χ1v) is 22.6. The quantitative estimate of drug-likeness (QED) is 0.0854. The summed E-state index contributed by atoms with van der Waals surface area (Å²) in [5.74, 6) is 2.53. The Hall–Kier alpha value is -6.64. The first kappa shape index (κ1) is 44.9. The van der Waals surface area contributed by atoms with Crippen LogP contribution in [0.1, 0.15) is 112 Å². The number of amides is 4. The molecule has 15 nitrogen and oxygen atoms in total. The van der Waals surface area contributed by atoms with Crippen LogP contribution in [-0.2, 0) is 19.1 Å². The maximum Gasteiger partial charge on any atom is 0.407 e. The summed E-state index contributed by atoms with van der Waals surface area (Å²) in [4.78, 5) is 71.7. The fourth-order valence-electron chi connectivity index (χ4n) is 9.84. The van der Waals surface area contributed by atoms with E-state index in [1.165, 1.54) is 30.9 Å². The molecule has 5 aromatic rings. The number of H-pyrrole nitrogens is 2. The third-order valence-corrected chi connectivity index (χ3v) is 13.4. The summed E-state index contributed by atoms with van der Waals surface area (Å²) in [6.45, 7) is 8.81. The molecular formula is C50H60N8O7. The molecule has 8 rings (SSSR count). The van der Waals surface area contributed by atoms with Crippen molar-refractivity contribution >= 4 is 24.0 Å². The zero-order valence-corrected chi connectivity index (χ0v) is 38.2. The molecule has 15 heteroatoms. The monoisotopic (exact) mass is 884 g/mol.